The molecule has 2 rings (SSSR count). The van der Waals surface area contributed by atoms with E-state index in [4.69, 9.17) is 0 Å². The van der Waals surface area contributed by atoms with Gasteiger partial charge in [-0.2, -0.15) is 0 Å². The lowest BCUT2D eigenvalue weighted by atomic mass is 10.0. The Hall–Kier alpha value is -1.48. The predicted molar refractivity (Wildman–Crippen MR) is 67.0 cm³/mol. The number of benzene rings is 1. The second-order valence-electron chi connectivity index (χ2n) is 3.78. The predicted octanol–water partition coefficient (Wildman–Crippen LogP) is 3.63. The normalized spacial score (nSPS) is 10.4. The second-order valence-corrected chi connectivity index (χ2v) is 4.98. The van der Waals surface area contributed by atoms with Gasteiger partial charge in [0.1, 0.15) is 0 Å². The fourth-order valence-electron chi connectivity index (χ4n) is 1.69. The van der Waals surface area contributed by atoms with Crippen molar-refractivity contribution in [2.24, 2.45) is 0 Å². The van der Waals surface area contributed by atoms with E-state index in [9.17, 15) is 4.79 Å². The van der Waals surface area contributed by atoms with E-state index in [2.05, 4.69) is 4.98 Å². The van der Waals surface area contributed by atoms with Crippen molar-refractivity contribution < 1.29 is 4.79 Å². The third-order valence-electron chi connectivity index (χ3n) is 2.45. The van der Waals surface area contributed by atoms with Crippen molar-refractivity contribution in [3.05, 3.63) is 39.7 Å². The van der Waals surface area contributed by atoms with Gasteiger partial charge in [-0.3, -0.25) is 4.79 Å². The number of rotatable bonds is 2. The number of thiazole rings is 1. The fraction of sp³-hybridized carbons (Fsp3) is 0.231. The van der Waals surface area contributed by atoms with Crippen LogP contribution in [0.5, 0.6) is 0 Å². The molecule has 0 saturated heterocycles. The van der Waals surface area contributed by atoms with Crippen molar-refractivity contribution in [2.45, 2.75) is 20.8 Å². The van der Waals surface area contributed by atoms with Gasteiger partial charge in [0.05, 0.1) is 15.6 Å². The SMILES string of the molecule is CC(=O)c1sc(C)nc1-c1ccccc1C. The molecule has 2 nitrogen and oxygen atoms in total. The number of aryl methyl sites for hydroxylation is 2. The molecule has 16 heavy (non-hydrogen) atoms. The summed E-state index contributed by atoms with van der Waals surface area (Å²) in [7, 11) is 0. The number of hydrogen-bond donors (Lipinski definition) is 0. The Labute approximate surface area is 99.0 Å². The number of carbonyl (C=O) groups excluding carboxylic acids is 1. The average molecular weight is 231 g/mol. The molecule has 0 N–H and O–H groups in total. The fourth-order valence-corrected chi connectivity index (χ4v) is 2.52. The molecule has 0 aliphatic carbocycles. The van der Waals surface area contributed by atoms with Crippen LogP contribution in [0.15, 0.2) is 24.3 Å². The van der Waals surface area contributed by atoms with Crippen LogP contribution >= 0.6 is 11.3 Å². The van der Waals surface area contributed by atoms with Gasteiger partial charge in [-0.05, 0) is 19.4 Å². The van der Waals surface area contributed by atoms with Crippen LogP contribution in [0, 0.1) is 13.8 Å². The van der Waals surface area contributed by atoms with Crippen LogP contribution in [0.3, 0.4) is 0 Å². The largest absolute Gasteiger partial charge is 0.294 e. The molecule has 0 radical (unpaired) electrons. The first kappa shape index (κ1) is 11.0. The van der Waals surface area contributed by atoms with E-state index >= 15 is 0 Å². The third-order valence-corrected chi connectivity index (χ3v) is 3.53. The van der Waals surface area contributed by atoms with Crippen LogP contribution < -0.4 is 0 Å². The second kappa shape index (κ2) is 4.18. The molecular formula is C13H13NOS. The van der Waals surface area contributed by atoms with Gasteiger partial charge in [0.2, 0.25) is 0 Å². The minimum Gasteiger partial charge on any atom is -0.294 e. The summed E-state index contributed by atoms with van der Waals surface area (Å²) in [6.07, 6.45) is 0. The van der Waals surface area contributed by atoms with Gasteiger partial charge in [-0.1, -0.05) is 24.3 Å². The lowest BCUT2D eigenvalue weighted by Crippen LogP contribution is -1.93. The van der Waals surface area contributed by atoms with E-state index in [0.29, 0.717) is 0 Å². The molecular weight excluding hydrogens is 218 g/mol. The summed E-state index contributed by atoms with van der Waals surface area (Å²) in [4.78, 5) is 16.8. The Bertz CT molecular complexity index is 543. The van der Waals surface area contributed by atoms with Crippen LogP contribution in [0.25, 0.3) is 11.3 Å². The highest BCUT2D eigenvalue weighted by molar-refractivity contribution is 7.14. The topological polar surface area (TPSA) is 30.0 Å². The van der Waals surface area contributed by atoms with Gasteiger partial charge in [0, 0.05) is 12.5 Å². The molecule has 0 fully saturated rings. The number of ketones is 1. The molecule has 0 unspecified atom stereocenters. The van der Waals surface area contributed by atoms with Crippen LogP contribution in [-0.2, 0) is 0 Å². The Morgan fingerprint density at radius 1 is 1.25 bits per heavy atom. The van der Waals surface area contributed by atoms with E-state index in [-0.39, 0.29) is 5.78 Å². The minimum absolute atomic E-state index is 0.0869. The molecule has 1 aromatic carbocycles. The highest BCUT2D eigenvalue weighted by Gasteiger charge is 2.15. The number of carbonyl (C=O) groups is 1. The van der Waals surface area contributed by atoms with Crippen LogP contribution in [0.2, 0.25) is 0 Å². The summed E-state index contributed by atoms with van der Waals surface area (Å²) < 4.78 is 0. The smallest absolute Gasteiger partial charge is 0.172 e. The van der Waals surface area contributed by atoms with Gasteiger partial charge in [0.15, 0.2) is 5.78 Å². The zero-order valence-corrected chi connectivity index (χ0v) is 10.4. The van der Waals surface area contributed by atoms with E-state index in [0.717, 1.165) is 26.7 Å². The molecule has 1 aromatic heterocycles. The van der Waals surface area contributed by atoms with E-state index in [1.54, 1.807) is 6.92 Å². The number of hydrogen-bond acceptors (Lipinski definition) is 3. The molecule has 0 aliphatic rings. The van der Waals surface area contributed by atoms with E-state index < -0.39 is 0 Å². The number of aromatic nitrogens is 1. The third kappa shape index (κ3) is 1.91. The molecule has 0 saturated carbocycles. The maximum Gasteiger partial charge on any atom is 0.172 e. The van der Waals surface area contributed by atoms with Crippen LogP contribution in [0.1, 0.15) is 27.2 Å². The van der Waals surface area contributed by atoms with Gasteiger partial charge in [0.25, 0.3) is 0 Å². The van der Waals surface area contributed by atoms with E-state index in [1.807, 2.05) is 38.1 Å². The number of nitrogens with zero attached hydrogens (tertiary/aromatic N) is 1. The van der Waals surface area contributed by atoms with E-state index in [1.165, 1.54) is 11.3 Å². The summed E-state index contributed by atoms with van der Waals surface area (Å²) in [5.74, 6) is 0.0869. The van der Waals surface area contributed by atoms with Crippen molar-refractivity contribution >= 4 is 17.1 Å². The lowest BCUT2D eigenvalue weighted by molar-refractivity contribution is 0.102. The summed E-state index contributed by atoms with van der Waals surface area (Å²) >= 11 is 1.47. The van der Waals surface area contributed by atoms with Crippen molar-refractivity contribution in [2.75, 3.05) is 0 Å². The maximum atomic E-state index is 11.5. The summed E-state index contributed by atoms with van der Waals surface area (Å²) in [5, 5.41) is 0.934. The lowest BCUT2D eigenvalue weighted by Gasteiger charge is -2.03. The average Bonchev–Trinajstić information content (AvgIpc) is 2.61. The zero-order valence-electron chi connectivity index (χ0n) is 9.57. The van der Waals surface area contributed by atoms with Gasteiger partial charge in [-0.15, -0.1) is 11.3 Å². The van der Waals surface area contributed by atoms with Gasteiger partial charge >= 0.3 is 0 Å². The van der Waals surface area contributed by atoms with Crippen molar-refractivity contribution in [1.82, 2.24) is 4.98 Å². The van der Waals surface area contributed by atoms with Gasteiger partial charge in [-0.25, -0.2) is 4.98 Å². The van der Waals surface area contributed by atoms with Crippen LogP contribution in [-0.4, -0.2) is 10.8 Å². The Balaban J connectivity index is 2.64. The van der Waals surface area contributed by atoms with Crippen LogP contribution in [0.4, 0.5) is 0 Å². The van der Waals surface area contributed by atoms with Gasteiger partial charge < -0.3 is 0 Å². The summed E-state index contributed by atoms with van der Waals surface area (Å²) in [6.45, 7) is 5.56. The zero-order chi connectivity index (χ0) is 11.7. The molecule has 2 aromatic rings. The van der Waals surface area contributed by atoms with Crippen molar-refractivity contribution in [3.8, 4) is 11.3 Å². The van der Waals surface area contributed by atoms with Crippen molar-refractivity contribution in [1.29, 1.82) is 0 Å². The molecule has 0 aliphatic heterocycles. The molecule has 0 atom stereocenters. The molecule has 3 heteroatoms. The Kier molecular flexibility index (Phi) is 2.88. The Morgan fingerprint density at radius 3 is 2.56 bits per heavy atom. The highest BCUT2D eigenvalue weighted by Crippen LogP contribution is 2.30. The summed E-state index contributed by atoms with van der Waals surface area (Å²) in [5.41, 5.74) is 3.03. The summed E-state index contributed by atoms with van der Waals surface area (Å²) in [6, 6.07) is 8.01. The molecule has 0 bridgehead atoms. The monoisotopic (exact) mass is 231 g/mol. The first-order valence-electron chi connectivity index (χ1n) is 5.14. The highest BCUT2D eigenvalue weighted by atomic mass is 32.1. The molecule has 1 heterocycles. The first-order valence-corrected chi connectivity index (χ1v) is 5.95. The maximum absolute atomic E-state index is 11.5. The van der Waals surface area contributed by atoms with Crippen molar-refractivity contribution in [3.63, 3.8) is 0 Å². The molecule has 82 valence electrons. The standard InChI is InChI=1S/C13H13NOS/c1-8-6-4-5-7-11(8)12-13(9(2)15)16-10(3)14-12/h4-7H,1-3H3. The molecule has 0 spiro atoms. The minimum atomic E-state index is 0.0869. The first-order chi connectivity index (χ1) is 7.59. The molecule has 0 amide bonds. The number of Topliss-reactive ketones (excluding diaryl/α,β-unsaturated/α-hetero) is 1. The Morgan fingerprint density at radius 2 is 1.94 bits per heavy atom. The quantitative estimate of drug-likeness (QED) is 0.739.